The molecule has 0 spiro atoms. The number of nitrogens with zero attached hydrogens (tertiary/aromatic N) is 2. The van der Waals surface area contributed by atoms with E-state index in [9.17, 15) is 4.79 Å². The number of ether oxygens (including phenoxy) is 1. The first-order chi connectivity index (χ1) is 9.43. The molecular formula is C15H18N2O3. The molecule has 5 nitrogen and oxygen atoms in total. The van der Waals surface area contributed by atoms with E-state index in [-0.39, 0.29) is 6.54 Å². The van der Waals surface area contributed by atoms with E-state index in [2.05, 4.69) is 4.98 Å². The lowest BCUT2D eigenvalue weighted by atomic mass is 9.97. The minimum Gasteiger partial charge on any atom is -0.496 e. The normalized spacial score (nSPS) is 10.6. The van der Waals surface area contributed by atoms with Gasteiger partial charge in [0.05, 0.1) is 19.1 Å². The Morgan fingerprint density at radius 2 is 2.05 bits per heavy atom. The number of rotatable bonds is 4. The van der Waals surface area contributed by atoms with Gasteiger partial charge in [0, 0.05) is 11.8 Å². The van der Waals surface area contributed by atoms with E-state index >= 15 is 0 Å². The van der Waals surface area contributed by atoms with Crippen LogP contribution in [-0.2, 0) is 11.3 Å². The molecule has 0 saturated heterocycles. The summed E-state index contributed by atoms with van der Waals surface area (Å²) in [5.74, 6) is 0.00369. The third-order valence-corrected chi connectivity index (χ3v) is 3.46. The molecule has 20 heavy (non-hydrogen) atoms. The van der Waals surface area contributed by atoms with Gasteiger partial charge in [0.1, 0.15) is 12.3 Å². The van der Waals surface area contributed by atoms with Gasteiger partial charge in [-0.05, 0) is 43.5 Å². The Kier molecular flexibility index (Phi) is 3.79. The number of benzene rings is 1. The van der Waals surface area contributed by atoms with E-state index in [0.717, 1.165) is 33.7 Å². The van der Waals surface area contributed by atoms with E-state index in [1.165, 1.54) is 6.33 Å². The van der Waals surface area contributed by atoms with Gasteiger partial charge in [-0.15, -0.1) is 0 Å². The number of hydrogen-bond acceptors (Lipinski definition) is 3. The average molecular weight is 274 g/mol. The molecule has 2 aromatic rings. The summed E-state index contributed by atoms with van der Waals surface area (Å²) < 4.78 is 6.96. The Morgan fingerprint density at radius 3 is 2.65 bits per heavy atom. The Hall–Kier alpha value is -2.30. The zero-order valence-corrected chi connectivity index (χ0v) is 12.1. The van der Waals surface area contributed by atoms with Gasteiger partial charge >= 0.3 is 5.97 Å². The van der Waals surface area contributed by atoms with Gasteiger partial charge in [0.15, 0.2) is 0 Å². The Balaban J connectivity index is 2.48. The van der Waals surface area contributed by atoms with Gasteiger partial charge in [-0.25, -0.2) is 4.98 Å². The molecule has 1 heterocycles. The Bertz CT molecular complexity index is 659. The molecule has 106 valence electrons. The van der Waals surface area contributed by atoms with Gasteiger partial charge in [-0.2, -0.15) is 0 Å². The van der Waals surface area contributed by atoms with Crippen LogP contribution >= 0.6 is 0 Å². The summed E-state index contributed by atoms with van der Waals surface area (Å²) in [5, 5.41) is 8.79. The van der Waals surface area contributed by atoms with Crippen molar-refractivity contribution in [1.82, 2.24) is 9.55 Å². The van der Waals surface area contributed by atoms with E-state index in [0.29, 0.717) is 0 Å². The fourth-order valence-corrected chi connectivity index (χ4v) is 2.38. The summed E-state index contributed by atoms with van der Waals surface area (Å²) in [6.45, 7) is 5.94. The van der Waals surface area contributed by atoms with Crippen LogP contribution in [0.5, 0.6) is 5.75 Å². The highest BCUT2D eigenvalue weighted by Crippen LogP contribution is 2.33. The SMILES string of the molecule is COc1c(C)cc(-c2cn(CC(=O)O)cn2)c(C)c1C. The predicted molar refractivity (Wildman–Crippen MR) is 76.1 cm³/mol. The average Bonchev–Trinajstić information content (AvgIpc) is 2.82. The van der Waals surface area contributed by atoms with Crippen molar-refractivity contribution < 1.29 is 14.6 Å². The molecule has 0 aliphatic carbocycles. The summed E-state index contributed by atoms with van der Waals surface area (Å²) in [6.07, 6.45) is 3.29. The van der Waals surface area contributed by atoms with Crippen LogP contribution in [0, 0.1) is 20.8 Å². The van der Waals surface area contributed by atoms with Gasteiger partial charge in [-0.1, -0.05) is 0 Å². The molecule has 0 bridgehead atoms. The summed E-state index contributed by atoms with van der Waals surface area (Å²) in [6, 6.07) is 2.02. The van der Waals surface area contributed by atoms with Gasteiger partial charge in [-0.3, -0.25) is 4.79 Å². The first-order valence-corrected chi connectivity index (χ1v) is 6.32. The number of aromatic nitrogens is 2. The van der Waals surface area contributed by atoms with E-state index in [1.54, 1.807) is 17.9 Å². The second-order valence-corrected chi connectivity index (χ2v) is 4.85. The van der Waals surface area contributed by atoms with Crippen molar-refractivity contribution in [2.24, 2.45) is 0 Å². The van der Waals surface area contributed by atoms with Crippen LogP contribution in [0.1, 0.15) is 16.7 Å². The van der Waals surface area contributed by atoms with Crippen LogP contribution in [0.15, 0.2) is 18.6 Å². The summed E-state index contributed by atoms with van der Waals surface area (Å²) >= 11 is 0. The highest BCUT2D eigenvalue weighted by Gasteiger charge is 2.14. The molecule has 0 radical (unpaired) electrons. The minimum absolute atomic E-state index is 0.0832. The first kappa shape index (κ1) is 14.1. The molecule has 1 aromatic heterocycles. The summed E-state index contributed by atoms with van der Waals surface area (Å²) in [7, 11) is 1.66. The van der Waals surface area contributed by atoms with Crippen LogP contribution in [0.25, 0.3) is 11.3 Å². The number of aryl methyl sites for hydroxylation is 1. The van der Waals surface area contributed by atoms with Crippen molar-refractivity contribution in [2.45, 2.75) is 27.3 Å². The zero-order chi connectivity index (χ0) is 14.9. The molecule has 1 aromatic carbocycles. The van der Waals surface area contributed by atoms with Crippen molar-refractivity contribution in [1.29, 1.82) is 0 Å². The third-order valence-electron chi connectivity index (χ3n) is 3.46. The van der Waals surface area contributed by atoms with E-state index < -0.39 is 5.97 Å². The maximum Gasteiger partial charge on any atom is 0.323 e. The molecule has 0 atom stereocenters. The molecule has 0 amide bonds. The molecule has 0 saturated carbocycles. The largest absolute Gasteiger partial charge is 0.496 e. The smallest absolute Gasteiger partial charge is 0.323 e. The number of imidazole rings is 1. The van der Waals surface area contributed by atoms with Crippen LogP contribution in [0.2, 0.25) is 0 Å². The monoisotopic (exact) mass is 274 g/mol. The molecule has 0 fully saturated rings. The van der Waals surface area contributed by atoms with Crippen molar-refractivity contribution in [3.8, 4) is 17.0 Å². The highest BCUT2D eigenvalue weighted by atomic mass is 16.5. The summed E-state index contributed by atoms with van der Waals surface area (Å²) in [4.78, 5) is 15.0. The number of methoxy groups -OCH3 is 1. The molecule has 1 N–H and O–H groups in total. The Labute approximate surface area is 117 Å². The number of carboxylic acids is 1. The van der Waals surface area contributed by atoms with Crippen molar-refractivity contribution >= 4 is 5.97 Å². The van der Waals surface area contributed by atoms with E-state index in [1.807, 2.05) is 26.8 Å². The second kappa shape index (κ2) is 5.36. The molecule has 0 aliphatic rings. The first-order valence-electron chi connectivity index (χ1n) is 6.32. The van der Waals surface area contributed by atoms with E-state index in [4.69, 9.17) is 9.84 Å². The molecular weight excluding hydrogens is 256 g/mol. The van der Waals surface area contributed by atoms with Gasteiger partial charge in [0.2, 0.25) is 0 Å². The fourth-order valence-electron chi connectivity index (χ4n) is 2.38. The maximum atomic E-state index is 10.7. The number of carboxylic acid groups (broad SMARTS) is 1. The molecule has 0 aliphatic heterocycles. The summed E-state index contributed by atoms with van der Waals surface area (Å²) in [5.41, 5.74) is 4.99. The molecule has 5 heteroatoms. The number of carbonyl (C=O) groups is 1. The lowest BCUT2D eigenvalue weighted by Crippen LogP contribution is -2.06. The van der Waals surface area contributed by atoms with Crippen LogP contribution in [-0.4, -0.2) is 27.7 Å². The quantitative estimate of drug-likeness (QED) is 0.930. The second-order valence-electron chi connectivity index (χ2n) is 4.85. The lowest BCUT2D eigenvalue weighted by Gasteiger charge is -2.14. The standard InChI is InChI=1S/C15H18N2O3/c1-9-5-12(10(2)11(3)15(9)20-4)13-6-17(8-16-13)7-14(18)19/h5-6,8H,7H2,1-4H3,(H,18,19). The third kappa shape index (κ3) is 2.52. The minimum atomic E-state index is -0.882. The number of aliphatic carboxylic acids is 1. The Morgan fingerprint density at radius 1 is 1.35 bits per heavy atom. The van der Waals surface area contributed by atoms with Crippen LogP contribution in [0.3, 0.4) is 0 Å². The molecule has 0 unspecified atom stereocenters. The van der Waals surface area contributed by atoms with Crippen LogP contribution in [0.4, 0.5) is 0 Å². The van der Waals surface area contributed by atoms with Gasteiger partial charge < -0.3 is 14.4 Å². The highest BCUT2D eigenvalue weighted by molar-refractivity contribution is 5.70. The van der Waals surface area contributed by atoms with Crippen molar-refractivity contribution in [3.05, 3.63) is 35.3 Å². The van der Waals surface area contributed by atoms with Gasteiger partial charge in [0.25, 0.3) is 0 Å². The topological polar surface area (TPSA) is 64.3 Å². The maximum absolute atomic E-state index is 10.7. The van der Waals surface area contributed by atoms with Crippen molar-refractivity contribution in [3.63, 3.8) is 0 Å². The lowest BCUT2D eigenvalue weighted by molar-refractivity contribution is -0.137. The molecule has 2 rings (SSSR count). The zero-order valence-electron chi connectivity index (χ0n) is 12.1. The fraction of sp³-hybridized carbons (Fsp3) is 0.333. The van der Waals surface area contributed by atoms with Crippen LogP contribution < -0.4 is 4.74 Å². The predicted octanol–water partition coefficient (Wildman–Crippen LogP) is 2.57. The number of hydrogen-bond donors (Lipinski definition) is 1. The van der Waals surface area contributed by atoms with Crippen molar-refractivity contribution in [2.75, 3.05) is 7.11 Å².